The van der Waals surface area contributed by atoms with Gasteiger partial charge in [-0.05, 0) is 49.2 Å². The lowest BCUT2D eigenvalue weighted by Gasteiger charge is -2.27. The quantitative estimate of drug-likeness (QED) is 0.578. The lowest BCUT2D eigenvalue weighted by molar-refractivity contribution is -0.125. The Kier molecular flexibility index (Phi) is 6.33. The Morgan fingerprint density at radius 1 is 1.11 bits per heavy atom. The minimum absolute atomic E-state index is 0.0579. The Morgan fingerprint density at radius 3 is 2.66 bits per heavy atom. The van der Waals surface area contributed by atoms with E-state index in [1.165, 1.54) is 18.6 Å². The molecule has 2 amide bonds. The summed E-state index contributed by atoms with van der Waals surface area (Å²) in [6.45, 7) is 1.02. The molecule has 0 unspecified atom stereocenters. The molecule has 35 heavy (non-hydrogen) atoms. The van der Waals surface area contributed by atoms with Gasteiger partial charge in [0.25, 0.3) is 11.8 Å². The van der Waals surface area contributed by atoms with Crippen LogP contribution < -0.4 is 10.2 Å². The molecule has 2 heterocycles. The third-order valence-electron chi connectivity index (χ3n) is 6.66. The van der Waals surface area contributed by atoms with E-state index >= 15 is 0 Å². The number of benzene rings is 2. The van der Waals surface area contributed by atoms with Gasteiger partial charge in [0.1, 0.15) is 6.61 Å². The second-order valence-corrected chi connectivity index (χ2v) is 11.1. The van der Waals surface area contributed by atoms with Gasteiger partial charge in [-0.15, -0.1) is 0 Å². The number of hydrogen-bond donors (Lipinski definition) is 1. The Balaban J connectivity index is 1.53. The monoisotopic (exact) mass is 496 g/mol. The fraction of sp³-hybridized carbons (Fsp3) is 0.400. The Morgan fingerprint density at radius 2 is 1.91 bits per heavy atom. The molecule has 1 aliphatic heterocycles. The molecule has 1 aliphatic carbocycles. The average Bonchev–Trinajstić information content (AvgIpc) is 3.21. The molecule has 1 saturated heterocycles. The molecule has 3 aromatic rings. The largest absolute Gasteiger partial charge is 0.370 e. The van der Waals surface area contributed by atoms with E-state index in [9.17, 15) is 18.0 Å². The number of imidazole rings is 1. The molecule has 2 fully saturated rings. The molecule has 1 aromatic heterocycles. The van der Waals surface area contributed by atoms with Gasteiger partial charge in [0.15, 0.2) is 9.84 Å². The van der Waals surface area contributed by atoms with Crippen LogP contribution in [0.5, 0.6) is 0 Å². The van der Waals surface area contributed by atoms with Gasteiger partial charge in [-0.3, -0.25) is 14.9 Å². The molecule has 0 atom stereocenters. The van der Waals surface area contributed by atoms with Crippen LogP contribution in [0.15, 0.2) is 47.4 Å². The van der Waals surface area contributed by atoms with Crippen LogP contribution in [0, 0.1) is 0 Å². The highest BCUT2D eigenvalue weighted by molar-refractivity contribution is 7.90. The highest BCUT2D eigenvalue weighted by Crippen LogP contribution is 2.35. The summed E-state index contributed by atoms with van der Waals surface area (Å²) in [5.74, 6) is -0.0971. The lowest BCUT2D eigenvalue weighted by atomic mass is 9.95. The number of fused-ring (bicyclic) bond motifs is 1. The molecule has 5 rings (SSSR count). The highest BCUT2D eigenvalue weighted by atomic mass is 32.2. The molecule has 184 valence electrons. The molecule has 0 spiro atoms. The van der Waals surface area contributed by atoms with Gasteiger partial charge in [-0.2, -0.15) is 0 Å². The maximum Gasteiger partial charge on any atom is 0.258 e. The van der Waals surface area contributed by atoms with Crippen LogP contribution in [0.3, 0.4) is 0 Å². The number of aromatic nitrogens is 2. The third-order valence-corrected chi connectivity index (χ3v) is 7.77. The van der Waals surface area contributed by atoms with Crippen molar-refractivity contribution in [3.63, 3.8) is 0 Å². The molecule has 1 saturated carbocycles. The average molecular weight is 497 g/mol. The maximum absolute atomic E-state index is 13.1. The van der Waals surface area contributed by atoms with Gasteiger partial charge in [0.05, 0.1) is 22.5 Å². The molecular weight excluding hydrogens is 468 g/mol. The molecule has 9 nitrogen and oxygen atoms in total. The minimum atomic E-state index is -3.44. The van der Waals surface area contributed by atoms with Crippen LogP contribution in [-0.4, -0.2) is 55.8 Å². The summed E-state index contributed by atoms with van der Waals surface area (Å²) in [6.07, 6.45) is 6.49. The van der Waals surface area contributed by atoms with Gasteiger partial charge in [-0.1, -0.05) is 25.3 Å². The van der Waals surface area contributed by atoms with Crippen LogP contribution in [0.25, 0.3) is 11.0 Å². The molecule has 10 heteroatoms. The first-order valence-corrected chi connectivity index (χ1v) is 13.7. The summed E-state index contributed by atoms with van der Waals surface area (Å²) < 4.78 is 31.2. The van der Waals surface area contributed by atoms with E-state index in [4.69, 9.17) is 9.72 Å². The maximum atomic E-state index is 13.1. The van der Waals surface area contributed by atoms with Crippen molar-refractivity contribution in [2.45, 2.75) is 43.0 Å². The number of ether oxygens (including phenoxy) is 1. The molecule has 0 bridgehead atoms. The van der Waals surface area contributed by atoms with E-state index in [1.54, 1.807) is 17.0 Å². The first kappa shape index (κ1) is 23.5. The summed E-state index contributed by atoms with van der Waals surface area (Å²) in [6, 6.07) is 11.9. The number of amides is 2. The number of nitrogens with one attached hydrogen (secondary N) is 1. The fourth-order valence-corrected chi connectivity index (χ4v) is 5.55. The number of nitrogens with zero attached hydrogens (tertiary/aromatic N) is 3. The smallest absolute Gasteiger partial charge is 0.258 e. The van der Waals surface area contributed by atoms with Crippen LogP contribution in [-0.2, 0) is 19.4 Å². The molecule has 0 radical (unpaired) electrons. The van der Waals surface area contributed by atoms with E-state index in [-0.39, 0.29) is 29.0 Å². The first-order valence-electron chi connectivity index (χ1n) is 11.8. The number of rotatable bonds is 5. The molecule has 2 aliphatic rings. The third kappa shape index (κ3) is 4.81. The summed E-state index contributed by atoms with van der Waals surface area (Å²) in [7, 11) is -3.44. The predicted molar refractivity (Wildman–Crippen MR) is 133 cm³/mol. The van der Waals surface area contributed by atoms with Crippen molar-refractivity contribution in [1.82, 2.24) is 9.55 Å². The number of carbonyl (C=O) groups excluding carboxylic acids is 2. The second-order valence-electron chi connectivity index (χ2n) is 9.12. The van der Waals surface area contributed by atoms with Crippen molar-refractivity contribution in [2.24, 2.45) is 0 Å². The zero-order valence-corrected chi connectivity index (χ0v) is 20.4. The Labute approximate surface area is 204 Å². The van der Waals surface area contributed by atoms with Crippen molar-refractivity contribution >= 4 is 44.3 Å². The predicted octanol–water partition coefficient (Wildman–Crippen LogP) is 3.56. The zero-order chi connectivity index (χ0) is 24.6. The van der Waals surface area contributed by atoms with Crippen molar-refractivity contribution in [1.29, 1.82) is 0 Å². The van der Waals surface area contributed by atoms with Gasteiger partial charge >= 0.3 is 0 Å². The van der Waals surface area contributed by atoms with E-state index in [1.807, 2.05) is 18.2 Å². The topological polar surface area (TPSA) is 111 Å². The molecule has 1 N–H and O–H groups in total. The molecular formula is C25H28N4O5S. The van der Waals surface area contributed by atoms with E-state index < -0.39 is 15.7 Å². The zero-order valence-electron chi connectivity index (χ0n) is 19.6. The summed E-state index contributed by atoms with van der Waals surface area (Å²) >= 11 is 0. The van der Waals surface area contributed by atoms with Crippen molar-refractivity contribution in [2.75, 3.05) is 36.2 Å². The van der Waals surface area contributed by atoms with Crippen LogP contribution in [0.2, 0.25) is 0 Å². The van der Waals surface area contributed by atoms with E-state index in [2.05, 4.69) is 9.88 Å². The van der Waals surface area contributed by atoms with Crippen molar-refractivity contribution in [3.8, 4) is 0 Å². The van der Waals surface area contributed by atoms with Gasteiger partial charge in [0.2, 0.25) is 5.95 Å². The minimum Gasteiger partial charge on any atom is -0.370 e. The van der Waals surface area contributed by atoms with Crippen molar-refractivity contribution in [3.05, 3.63) is 48.0 Å². The van der Waals surface area contributed by atoms with Crippen LogP contribution in [0.1, 0.15) is 48.5 Å². The number of sulfone groups is 1. The summed E-state index contributed by atoms with van der Waals surface area (Å²) in [4.78, 5) is 32.0. The Bertz CT molecular complexity index is 1390. The summed E-state index contributed by atoms with van der Waals surface area (Å²) in [5, 5.41) is 2.92. The standard InChI is InChI=1S/C25H28N4O5S/c1-35(32,33)20-9-5-6-17(14-20)24(31)27-25-26-21-15-19(28-12-13-34-16-23(28)30)10-11-22(21)29(25)18-7-3-2-4-8-18/h5-6,9-11,14-15,18H,2-4,7-8,12-13,16H2,1H3,(H,26,27,31). The van der Waals surface area contributed by atoms with Crippen LogP contribution in [0.4, 0.5) is 11.6 Å². The number of hydrogen-bond acceptors (Lipinski definition) is 6. The van der Waals surface area contributed by atoms with Crippen molar-refractivity contribution < 1.29 is 22.7 Å². The van der Waals surface area contributed by atoms with Gasteiger partial charge in [-0.25, -0.2) is 13.4 Å². The van der Waals surface area contributed by atoms with Gasteiger partial charge in [0, 0.05) is 30.1 Å². The van der Waals surface area contributed by atoms with E-state index in [0.29, 0.717) is 24.6 Å². The Hall–Kier alpha value is -3.24. The summed E-state index contributed by atoms with van der Waals surface area (Å²) in [5.41, 5.74) is 2.57. The number of anilines is 2. The first-order chi connectivity index (χ1) is 16.8. The number of morpholine rings is 1. The number of carbonyl (C=O) groups is 2. The highest BCUT2D eigenvalue weighted by Gasteiger charge is 2.25. The SMILES string of the molecule is CS(=O)(=O)c1cccc(C(=O)Nc2nc3cc(N4CCOCC4=O)ccc3n2C2CCCCC2)c1. The second kappa shape index (κ2) is 9.43. The molecule has 2 aromatic carbocycles. The van der Waals surface area contributed by atoms with E-state index in [0.717, 1.165) is 43.1 Å². The van der Waals surface area contributed by atoms with Crippen LogP contribution >= 0.6 is 0 Å². The van der Waals surface area contributed by atoms with Gasteiger partial charge < -0.3 is 14.2 Å². The lowest BCUT2D eigenvalue weighted by Crippen LogP contribution is -2.41. The fourth-order valence-electron chi connectivity index (χ4n) is 4.88. The normalized spacial score (nSPS) is 17.6.